The summed E-state index contributed by atoms with van der Waals surface area (Å²) in [5, 5.41) is 3.34. The lowest BCUT2D eigenvalue weighted by Crippen LogP contribution is -2.28. The molecule has 2 rings (SSSR count). The maximum absolute atomic E-state index is 12.0. The van der Waals surface area contributed by atoms with Crippen molar-refractivity contribution in [2.24, 2.45) is 5.92 Å². The van der Waals surface area contributed by atoms with Crippen LogP contribution in [0.3, 0.4) is 0 Å². The molecule has 92 valence electrons. The fourth-order valence-electron chi connectivity index (χ4n) is 1.94. The molecule has 1 aromatic carbocycles. The molecule has 0 aliphatic carbocycles. The van der Waals surface area contributed by atoms with Crippen LogP contribution in [-0.4, -0.2) is 18.6 Å². The molecule has 2 unspecified atom stereocenters. The van der Waals surface area contributed by atoms with Gasteiger partial charge in [0.05, 0.1) is 23.4 Å². The number of benzene rings is 1. The third-order valence-corrected chi connectivity index (χ3v) is 3.22. The van der Waals surface area contributed by atoms with Crippen LogP contribution in [0.1, 0.15) is 13.3 Å². The van der Waals surface area contributed by atoms with Crippen molar-refractivity contribution in [2.45, 2.75) is 19.4 Å². The molecule has 17 heavy (non-hydrogen) atoms. The first-order valence-electron chi connectivity index (χ1n) is 5.55. The number of nitrogens with one attached hydrogen (secondary N) is 1. The number of ether oxygens (including phenoxy) is 1. The molecule has 0 aromatic heterocycles. The van der Waals surface area contributed by atoms with E-state index in [9.17, 15) is 4.79 Å². The first-order valence-corrected chi connectivity index (χ1v) is 5.93. The molecule has 0 saturated carbocycles. The van der Waals surface area contributed by atoms with E-state index in [2.05, 4.69) is 5.32 Å². The Balaban J connectivity index is 2.10. The Morgan fingerprint density at radius 1 is 1.59 bits per heavy atom. The minimum absolute atomic E-state index is 0.0459. The van der Waals surface area contributed by atoms with Crippen LogP contribution >= 0.6 is 11.6 Å². The third kappa shape index (κ3) is 2.70. The van der Waals surface area contributed by atoms with Crippen LogP contribution in [0, 0.1) is 5.92 Å². The Bertz CT molecular complexity index is 437. The van der Waals surface area contributed by atoms with Crippen LogP contribution < -0.4 is 11.1 Å². The van der Waals surface area contributed by atoms with Crippen molar-refractivity contribution in [3.63, 3.8) is 0 Å². The van der Waals surface area contributed by atoms with Gasteiger partial charge in [0.2, 0.25) is 5.91 Å². The highest BCUT2D eigenvalue weighted by Gasteiger charge is 2.30. The second-order valence-corrected chi connectivity index (χ2v) is 4.63. The van der Waals surface area contributed by atoms with E-state index in [-0.39, 0.29) is 17.9 Å². The van der Waals surface area contributed by atoms with Crippen LogP contribution in [-0.2, 0) is 9.53 Å². The Morgan fingerprint density at radius 3 is 3.00 bits per heavy atom. The molecule has 0 spiro atoms. The normalized spacial score (nSPS) is 23.6. The second-order valence-electron chi connectivity index (χ2n) is 4.19. The maximum Gasteiger partial charge on any atom is 0.230 e. The first-order chi connectivity index (χ1) is 8.08. The molecule has 1 aliphatic rings. The quantitative estimate of drug-likeness (QED) is 0.796. The van der Waals surface area contributed by atoms with Gasteiger partial charge in [-0.3, -0.25) is 4.79 Å². The smallest absolute Gasteiger partial charge is 0.230 e. The molecule has 0 radical (unpaired) electrons. The van der Waals surface area contributed by atoms with Crippen molar-refractivity contribution in [3.8, 4) is 0 Å². The molecule has 2 atom stereocenters. The average Bonchev–Trinajstić information content (AvgIpc) is 2.70. The molecule has 1 amide bonds. The minimum Gasteiger partial charge on any atom is -0.397 e. The van der Waals surface area contributed by atoms with Crippen LogP contribution in [0.15, 0.2) is 18.2 Å². The summed E-state index contributed by atoms with van der Waals surface area (Å²) in [5.74, 6) is -0.183. The molecule has 0 bridgehead atoms. The summed E-state index contributed by atoms with van der Waals surface area (Å²) in [5.41, 5.74) is 6.83. The van der Waals surface area contributed by atoms with Gasteiger partial charge < -0.3 is 15.8 Å². The van der Waals surface area contributed by atoms with E-state index in [1.165, 1.54) is 0 Å². The predicted molar refractivity (Wildman–Crippen MR) is 68.0 cm³/mol. The van der Waals surface area contributed by atoms with Gasteiger partial charge in [-0.2, -0.15) is 0 Å². The van der Waals surface area contributed by atoms with Crippen molar-refractivity contribution >= 4 is 28.9 Å². The van der Waals surface area contributed by atoms with E-state index in [1.54, 1.807) is 18.2 Å². The number of halogens is 1. The van der Waals surface area contributed by atoms with Crippen molar-refractivity contribution in [1.82, 2.24) is 0 Å². The summed E-state index contributed by atoms with van der Waals surface area (Å²) in [7, 11) is 0. The summed E-state index contributed by atoms with van der Waals surface area (Å²) in [4.78, 5) is 12.0. The number of carbonyl (C=O) groups excluding carboxylic acids is 1. The number of carbonyl (C=O) groups is 1. The highest BCUT2D eigenvalue weighted by Crippen LogP contribution is 2.26. The molecule has 1 saturated heterocycles. The second kappa shape index (κ2) is 4.94. The van der Waals surface area contributed by atoms with Gasteiger partial charge >= 0.3 is 0 Å². The lowest BCUT2D eigenvalue weighted by molar-refractivity contribution is -0.121. The van der Waals surface area contributed by atoms with E-state index >= 15 is 0 Å². The van der Waals surface area contributed by atoms with E-state index in [0.717, 1.165) is 6.42 Å². The van der Waals surface area contributed by atoms with Crippen LogP contribution in [0.25, 0.3) is 0 Å². The highest BCUT2D eigenvalue weighted by molar-refractivity contribution is 6.31. The van der Waals surface area contributed by atoms with Gasteiger partial charge in [-0.25, -0.2) is 0 Å². The minimum atomic E-state index is -0.117. The molecule has 1 heterocycles. The molecule has 4 nitrogen and oxygen atoms in total. The number of hydrogen-bond donors (Lipinski definition) is 2. The summed E-state index contributed by atoms with van der Waals surface area (Å²) in [6.07, 6.45) is 0.698. The molecule has 1 aromatic rings. The van der Waals surface area contributed by atoms with Crippen LogP contribution in [0.4, 0.5) is 11.4 Å². The molecule has 1 aliphatic heterocycles. The molecular weight excluding hydrogens is 240 g/mol. The van der Waals surface area contributed by atoms with Gasteiger partial charge in [-0.05, 0) is 31.5 Å². The molecular formula is C12H15ClN2O2. The van der Waals surface area contributed by atoms with E-state index in [0.29, 0.717) is 23.0 Å². The van der Waals surface area contributed by atoms with Crippen molar-refractivity contribution in [3.05, 3.63) is 23.2 Å². The summed E-state index contributed by atoms with van der Waals surface area (Å²) < 4.78 is 5.36. The number of amides is 1. The Kier molecular flexibility index (Phi) is 3.54. The Labute approximate surface area is 105 Å². The SMILES string of the molecule is CC1OCCC1C(=O)Nc1cc(Cl)ccc1N. The maximum atomic E-state index is 12.0. The lowest BCUT2D eigenvalue weighted by Gasteiger charge is -2.15. The van der Waals surface area contributed by atoms with E-state index < -0.39 is 0 Å². The zero-order valence-electron chi connectivity index (χ0n) is 9.57. The van der Waals surface area contributed by atoms with Gasteiger partial charge in [0.1, 0.15) is 0 Å². The predicted octanol–water partition coefficient (Wildman–Crippen LogP) is 2.29. The van der Waals surface area contributed by atoms with Gasteiger partial charge in [0.15, 0.2) is 0 Å². The largest absolute Gasteiger partial charge is 0.397 e. The number of rotatable bonds is 2. The first kappa shape index (κ1) is 12.2. The van der Waals surface area contributed by atoms with Crippen molar-refractivity contribution in [2.75, 3.05) is 17.7 Å². The lowest BCUT2D eigenvalue weighted by atomic mass is 10.0. The van der Waals surface area contributed by atoms with Gasteiger partial charge in [0.25, 0.3) is 0 Å². The Hall–Kier alpha value is -1.26. The number of nitrogen functional groups attached to an aromatic ring is 1. The fourth-order valence-corrected chi connectivity index (χ4v) is 2.11. The topological polar surface area (TPSA) is 64.3 Å². The van der Waals surface area contributed by atoms with Gasteiger partial charge in [-0.1, -0.05) is 11.6 Å². The van der Waals surface area contributed by atoms with Crippen LogP contribution in [0.2, 0.25) is 5.02 Å². The third-order valence-electron chi connectivity index (χ3n) is 2.99. The standard InChI is InChI=1S/C12H15ClN2O2/c1-7-9(4-5-17-7)12(16)15-11-6-8(13)2-3-10(11)14/h2-3,6-7,9H,4-5,14H2,1H3,(H,15,16). The molecule has 1 fully saturated rings. The number of hydrogen-bond acceptors (Lipinski definition) is 3. The number of nitrogens with two attached hydrogens (primary N) is 1. The zero-order valence-corrected chi connectivity index (χ0v) is 10.3. The molecule has 3 N–H and O–H groups in total. The summed E-state index contributed by atoms with van der Waals surface area (Å²) in [6.45, 7) is 2.53. The van der Waals surface area contributed by atoms with Crippen molar-refractivity contribution in [1.29, 1.82) is 0 Å². The highest BCUT2D eigenvalue weighted by atomic mass is 35.5. The molecule has 5 heteroatoms. The summed E-state index contributed by atoms with van der Waals surface area (Å²) in [6, 6.07) is 5.01. The van der Waals surface area contributed by atoms with Gasteiger partial charge in [-0.15, -0.1) is 0 Å². The zero-order chi connectivity index (χ0) is 12.4. The number of anilines is 2. The van der Waals surface area contributed by atoms with Crippen LogP contribution in [0.5, 0.6) is 0 Å². The van der Waals surface area contributed by atoms with Gasteiger partial charge in [0, 0.05) is 11.6 Å². The fraction of sp³-hybridized carbons (Fsp3) is 0.417. The average molecular weight is 255 g/mol. The monoisotopic (exact) mass is 254 g/mol. The van der Waals surface area contributed by atoms with E-state index in [4.69, 9.17) is 22.1 Å². The Morgan fingerprint density at radius 2 is 2.35 bits per heavy atom. The van der Waals surface area contributed by atoms with E-state index in [1.807, 2.05) is 6.92 Å². The van der Waals surface area contributed by atoms with Crippen molar-refractivity contribution < 1.29 is 9.53 Å². The summed E-state index contributed by atoms with van der Waals surface area (Å²) >= 11 is 5.86.